The lowest BCUT2D eigenvalue weighted by molar-refractivity contribution is -0.384. The Morgan fingerprint density at radius 1 is 1.29 bits per heavy atom. The molecule has 0 spiro atoms. The summed E-state index contributed by atoms with van der Waals surface area (Å²) in [7, 11) is 1.53. The maximum atomic E-state index is 12.3. The number of hydrogen-bond acceptors (Lipinski definition) is 7. The molecule has 1 aliphatic heterocycles. The predicted molar refractivity (Wildman–Crippen MR) is 103 cm³/mol. The number of likely N-dealkylation sites (tertiary alicyclic amines) is 1. The monoisotopic (exact) mass is 393 g/mol. The SMILES string of the molecule is COCCNc1ccc(C(=O)OCC(=O)N2C[C@@H](C)C[C@H](C)C2)cc1[N+](=O)[O-]. The van der Waals surface area contributed by atoms with Crippen molar-refractivity contribution in [1.29, 1.82) is 0 Å². The summed E-state index contributed by atoms with van der Waals surface area (Å²) >= 11 is 0. The van der Waals surface area contributed by atoms with Crippen molar-refractivity contribution in [3.63, 3.8) is 0 Å². The van der Waals surface area contributed by atoms with Crippen LogP contribution in [0.4, 0.5) is 11.4 Å². The fourth-order valence-electron chi connectivity index (χ4n) is 3.42. The third kappa shape index (κ3) is 5.91. The van der Waals surface area contributed by atoms with Gasteiger partial charge >= 0.3 is 5.97 Å². The fraction of sp³-hybridized carbons (Fsp3) is 0.579. The number of nitrogens with zero attached hydrogens (tertiary/aromatic N) is 2. The van der Waals surface area contributed by atoms with Gasteiger partial charge in [0.15, 0.2) is 6.61 Å². The lowest BCUT2D eigenvalue weighted by atomic mass is 9.92. The van der Waals surface area contributed by atoms with Gasteiger partial charge in [-0.1, -0.05) is 13.8 Å². The van der Waals surface area contributed by atoms with Crippen molar-refractivity contribution in [2.45, 2.75) is 20.3 Å². The minimum atomic E-state index is -0.766. The number of hydrogen-bond donors (Lipinski definition) is 1. The van der Waals surface area contributed by atoms with Crippen molar-refractivity contribution in [2.75, 3.05) is 45.3 Å². The largest absolute Gasteiger partial charge is 0.452 e. The van der Waals surface area contributed by atoms with Crippen molar-refractivity contribution in [3.8, 4) is 0 Å². The lowest BCUT2D eigenvalue weighted by Gasteiger charge is -2.34. The molecule has 28 heavy (non-hydrogen) atoms. The van der Waals surface area contributed by atoms with Gasteiger partial charge in [-0.05, 0) is 30.4 Å². The van der Waals surface area contributed by atoms with Crippen molar-refractivity contribution < 1.29 is 24.0 Å². The molecule has 9 heteroatoms. The van der Waals surface area contributed by atoms with E-state index in [1.807, 2.05) is 0 Å². The van der Waals surface area contributed by atoms with Gasteiger partial charge in [0.1, 0.15) is 5.69 Å². The fourth-order valence-corrected chi connectivity index (χ4v) is 3.42. The molecule has 0 radical (unpaired) electrons. The number of carbonyl (C=O) groups excluding carboxylic acids is 2. The zero-order valence-electron chi connectivity index (χ0n) is 16.5. The molecule has 1 heterocycles. The van der Waals surface area contributed by atoms with E-state index in [0.717, 1.165) is 12.5 Å². The quantitative estimate of drug-likeness (QED) is 0.312. The first-order valence-electron chi connectivity index (χ1n) is 9.28. The number of nitrogens with one attached hydrogen (secondary N) is 1. The zero-order valence-corrected chi connectivity index (χ0v) is 16.5. The summed E-state index contributed by atoms with van der Waals surface area (Å²) in [6, 6.07) is 4.02. The van der Waals surface area contributed by atoms with Gasteiger partial charge in [-0.25, -0.2) is 4.79 Å². The van der Waals surface area contributed by atoms with E-state index in [1.165, 1.54) is 19.2 Å². The van der Waals surface area contributed by atoms with E-state index < -0.39 is 10.9 Å². The number of esters is 1. The summed E-state index contributed by atoms with van der Waals surface area (Å²) in [5.41, 5.74) is 0.0682. The topological polar surface area (TPSA) is 111 Å². The number of carbonyl (C=O) groups is 2. The second kappa shape index (κ2) is 10.0. The van der Waals surface area contributed by atoms with Gasteiger partial charge in [0, 0.05) is 32.8 Å². The molecule has 0 unspecified atom stereocenters. The van der Waals surface area contributed by atoms with Crippen LogP contribution in [0.25, 0.3) is 0 Å². The third-order valence-corrected chi connectivity index (χ3v) is 4.60. The van der Waals surface area contributed by atoms with Crippen LogP contribution < -0.4 is 5.32 Å². The van der Waals surface area contributed by atoms with Gasteiger partial charge in [0.05, 0.1) is 17.1 Å². The van der Waals surface area contributed by atoms with E-state index >= 15 is 0 Å². The Balaban J connectivity index is 1.98. The Morgan fingerprint density at radius 2 is 1.96 bits per heavy atom. The molecule has 1 saturated heterocycles. The van der Waals surface area contributed by atoms with E-state index in [1.54, 1.807) is 4.90 Å². The number of methoxy groups -OCH3 is 1. The number of nitro benzene ring substituents is 1. The van der Waals surface area contributed by atoms with Crippen LogP contribution in [0.3, 0.4) is 0 Å². The van der Waals surface area contributed by atoms with Crippen LogP contribution in [0, 0.1) is 22.0 Å². The molecule has 1 amide bonds. The molecule has 0 saturated carbocycles. The van der Waals surface area contributed by atoms with Crippen LogP contribution in [0.15, 0.2) is 18.2 Å². The summed E-state index contributed by atoms with van der Waals surface area (Å²) in [5, 5.41) is 14.2. The molecule has 1 aliphatic rings. The highest BCUT2D eigenvalue weighted by Gasteiger charge is 2.26. The maximum absolute atomic E-state index is 12.3. The van der Waals surface area contributed by atoms with Crippen molar-refractivity contribution >= 4 is 23.3 Å². The highest BCUT2D eigenvalue weighted by Crippen LogP contribution is 2.26. The van der Waals surface area contributed by atoms with Gasteiger partial charge in [0.25, 0.3) is 11.6 Å². The van der Waals surface area contributed by atoms with Crippen molar-refractivity contribution in [3.05, 3.63) is 33.9 Å². The first kappa shape index (κ1) is 21.6. The number of nitro groups is 1. The molecular formula is C19H27N3O6. The van der Waals surface area contributed by atoms with Crippen LogP contribution in [0.1, 0.15) is 30.6 Å². The average Bonchev–Trinajstić information content (AvgIpc) is 2.65. The standard InChI is InChI=1S/C19H27N3O6/c1-13-8-14(2)11-21(10-13)18(23)12-28-19(24)15-4-5-16(20-6-7-27-3)17(9-15)22(25)26/h4-5,9,13-14,20H,6-8,10-12H2,1-3H3/t13-,14-/m0/s1. The molecule has 154 valence electrons. The van der Waals surface area contributed by atoms with Crippen LogP contribution in [-0.4, -0.2) is 61.7 Å². The number of anilines is 1. The number of ether oxygens (including phenoxy) is 2. The Morgan fingerprint density at radius 3 is 2.57 bits per heavy atom. The Bertz CT molecular complexity index is 714. The van der Waals surface area contributed by atoms with Crippen LogP contribution in [0.2, 0.25) is 0 Å². The van der Waals surface area contributed by atoms with Crippen molar-refractivity contribution in [2.24, 2.45) is 11.8 Å². The number of amides is 1. The van der Waals surface area contributed by atoms with Crippen molar-refractivity contribution in [1.82, 2.24) is 4.90 Å². The van der Waals surface area contributed by atoms with Crippen LogP contribution in [-0.2, 0) is 14.3 Å². The molecule has 1 fully saturated rings. The highest BCUT2D eigenvalue weighted by molar-refractivity contribution is 5.93. The second-order valence-electron chi connectivity index (χ2n) is 7.23. The van der Waals surface area contributed by atoms with Gasteiger partial charge in [-0.2, -0.15) is 0 Å². The highest BCUT2D eigenvalue weighted by atomic mass is 16.6. The van der Waals surface area contributed by atoms with E-state index in [9.17, 15) is 19.7 Å². The molecule has 2 rings (SSSR count). The second-order valence-corrected chi connectivity index (χ2v) is 7.23. The molecule has 0 aromatic heterocycles. The predicted octanol–water partition coefficient (Wildman–Crippen LogP) is 2.31. The molecule has 1 aromatic rings. The zero-order chi connectivity index (χ0) is 20.7. The first-order valence-corrected chi connectivity index (χ1v) is 9.28. The van der Waals surface area contributed by atoms with E-state index in [-0.39, 0.29) is 29.5 Å². The minimum Gasteiger partial charge on any atom is -0.452 e. The molecule has 0 bridgehead atoms. The molecule has 2 atom stereocenters. The summed E-state index contributed by atoms with van der Waals surface area (Å²) in [5.74, 6) is -0.203. The average molecular weight is 393 g/mol. The van der Waals surface area contributed by atoms with Gasteiger partial charge in [0.2, 0.25) is 0 Å². The maximum Gasteiger partial charge on any atom is 0.338 e. The third-order valence-electron chi connectivity index (χ3n) is 4.60. The Kier molecular flexibility index (Phi) is 7.74. The molecule has 0 aliphatic carbocycles. The van der Waals surface area contributed by atoms with Gasteiger partial charge in [-0.15, -0.1) is 0 Å². The summed E-state index contributed by atoms with van der Waals surface area (Å²) in [6.07, 6.45) is 1.07. The molecule has 1 aromatic carbocycles. The van der Waals surface area contributed by atoms with Gasteiger partial charge in [-0.3, -0.25) is 14.9 Å². The van der Waals surface area contributed by atoms with Crippen LogP contribution >= 0.6 is 0 Å². The van der Waals surface area contributed by atoms with E-state index in [0.29, 0.717) is 38.1 Å². The number of benzene rings is 1. The molecule has 1 N–H and O–H groups in total. The summed E-state index contributed by atoms with van der Waals surface area (Å²) in [6.45, 7) is 5.87. The van der Waals surface area contributed by atoms with E-state index in [4.69, 9.17) is 9.47 Å². The summed E-state index contributed by atoms with van der Waals surface area (Å²) < 4.78 is 9.99. The van der Waals surface area contributed by atoms with E-state index in [2.05, 4.69) is 19.2 Å². The summed E-state index contributed by atoms with van der Waals surface area (Å²) in [4.78, 5) is 37.0. The van der Waals surface area contributed by atoms with Gasteiger partial charge < -0.3 is 19.7 Å². The number of rotatable bonds is 8. The first-order chi connectivity index (χ1) is 13.3. The normalized spacial score (nSPS) is 19.2. The molecule has 9 nitrogen and oxygen atoms in total. The molecular weight excluding hydrogens is 366 g/mol. The number of piperidine rings is 1. The Labute approximate surface area is 164 Å². The lowest BCUT2D eigenvalue weighted by Crippen LogP contribution is -2.44. The Hall–Kier alpha value is -2.68. The minimum absolute atomic E-state index is 0.0252. The smallest absolute Gasteiger partial charge is 0.338 e. The van der Waals surface area contributed by atoms with Crippen LogP contribution in [0.5, 0.6) is 0 Å².